The van der Waals surface area contributed by atoms with E-state index in [9.17, 15) is 9.59 Å². The second kappa shape index (κ2) is 6.70. The molecule has 0 aliphatic rings. The van der Waals surface area contributed by atoms with Crippen molar-refractivity contribution in [3.8, 4) is 0 Å². The molecule has 0 heterocycles. The second-order valence-electron chi connectivity index (χ2n) is 6.02. The number of hydrogen-bond acceptors (Lipinski definition) is 4. The van der Waals surface area contributed by atoms with Crippen LogP contribution in [0.15, 0.2) is 0 Å². The van der Waals surface area contributed by atoms with Gasteiger partial charge >= 0.3 is 0 Å². The highest BCUT2D eigenvalue weighted by Gasteiger charge is 2.33. The third kappa shape index (κ3) is 5.46. The molecule has 0 spiro atoms. The Morgan fingerprint density at radius 3 is 2.06 bits per heavy atom. The molecule has 0 rings (SSSR count). The minimum atomic E-state index is -0.770. The number of carbonyl (C=O) groups excluding carboxylic acids is 2. The Hall–Kier alpha value is -1.14. The maximum Gasteiger partial charge on any atom is 0.240 e. The lowest BCUT2D eigenvalue weighted by Crippen LogP contribution is -2.56. The molecule has 0 saturated carbocycles. The van der Waals surface area contributed by atoms with Gasteiger partial charge in [0, 0.05) is 0 Å². The standard InChI is InChI=1S/C12H25N3O3/c1-7(2)6-8(15-18)11(17)14-9(10(13)16)12(3,4)5/h7-9,15,18H,6H2,1-5H3,(H2,13,16)(H,14,17)/t8?,9-/m1/s1. The molecule has 0 saturated heterocycles. The summed E-state index contributed by atoms with van der Waals surface area (Å²) in [4.78, 5) is 23.3. The first-order valence-electron chi connectivity index (χ1n) is 6.09. The van der Waals surface area contributed by atoms with Gasteiger partial charge < -0.3 is 16.3 Å². The van der Waals surface area contributed by atoms with Crippen LogP contribution < -0.4 is 16.5 Å². The van der Waals surface area contributed by atoms with Crippen LogP contribution in [0.1, 0.15) is 41.0 Å². The largest absolute Gasteiger partial charge is 0.368 e. The van der Waals surface area contributed by atoms with Crippen molar-refractivity contribution >= 4 is 11.8 Å². The minimum Gasteiger partial charge on any atom is -0.368 e. The van der Waals surface area contributed by atoms with Crippen molar-refractivity contribution < 1.29 is 14.8 Å². The molecular weight excluding hydrogens is 234 g/mol. The normalized spacial score (nSPS) is 15.3. The molecule has 2 amide bonds. The molecular formula is C12H25N3O3. The SMILES string of the molecule is CC(C)CC(NO)C(=O)N[C@H](C(N)=O)C(C)(C)C. The van der Waals surface area contributed by atoms with Crippen LogP contribution in [0.2, 0.25) is 0 Å². The molecule has 0 fully saturated rings. The summed E-state index contributed by atoms with van der Waals surface area (Å²) in [5.74, 6) is -0.774. The predicted octanol–water partition coefficient (Wildman–Crippen LogP) is 0.396. The van der Waals surface area contributed by atoms with E-state index >= 15 is 0 Å². The van der Waals surface area contributed by atoms with Crippen molar-refractivity contribution in [3.05, 3.63) is 0 Å². The van der Waals surface area contributed by atoms with E-state index in [2.05, 4.69) is 5.32 Å². The van der Waals surface area contributed by atoms with Gasteiger partial charge in [0.2, 0.25) is 11.8 Å². The number of amides is 2. The molecule has 18 heavy (non-hydrogen) atoms. The summed E-state index contributed by atoms with van der Waals surface area (Å²) in [6.07, 6.45) is 0.470. The van der Waals surface area contributed by atoms with Crippen LogP contribution in [-0.2, 0) is 9.59 Å². The van der Waals surface area contributed by atoms with E-state index in [0.29, 0.717) is 6.42 Å². The molecule has 1 unspecified atom stereocenters. The summed E-state index contributed by atoms with van der Waals surface area (Å²) in [6.45, 7) is 9.31. The van der Waals surface area contributed by atoms with E-state index in [4.69, 9.17) is 10.9 Å². The fourth-order valence-electron chi connectivity index (χ4n) is 1.65. The van der Waals surface area contributed by atoms with Gasteiger partial charge in [0.05, 0.1) is 0 Å². The van der Waals surface area contributed by atoms with Gasteiger partial charge in [0.1, 0.15) is 12.1 Å². The maximum atomic E-state index is 11.9. The zero-order chi connectivity index (χ0) is 14.5. The number of primary amides is 1. The number of nitrogens with two attached hydrogens (primary N) is 1. The molecule has 0 aromatic carbocycles. The van der Waals surface area contributed by atoms with Crippen LogP contribution in [0.4, 0.5) is 0 Å². The van der Waals surface area contributed by atoms with E-state index in [0.717, 1.165) is 0 Å². The molecule has 0 aromatic rings. The Kier molecular flexibility index (Phi) is 6.28. The zero-order valence-electron chi connectivity index (χ0n) is 11.8. The number of hydrogen-bond donors (Lipinski definition) is 4. The monoisotopic (exact) mass is 259 g/mol. The Labute approximate surface area is 108 Å². The summed E-state index contributed by atoms with van der Waals surface area (Å²) in [6, 6.07) is -1.51. The summed E-state index contributed by atoms with van der Waals surface area (Å²) in [7, 11) is 0. The van der Waals surface area contributed by atoms with Gasteiger partial charge in [0.15, 0.2) is 0 Å². The van der Waals surface area contributed by atoms with Crippen molar-refractivity contribution in [2.24, 2.45) is 17.1 Å². The average molecular weight is 259 g/mol. The number of nitrogens with one attached hydrogen (secondary N) is 2. The van der Waals surface area contributed by atoms with Crippen LogP contribution in [0, 0.1) is 11.3 Å². The van der Waals surface area contributed by atoms with Gasteiger partial charge in [-0.15, -0.1) is 0 Å². The van der Waals surface area contributed by atoms with Gasteiger partial charge in [-0.3, -0.25) is 9.59 Å². The lowest BCUT2D eigenvalue weighted by atomic mass is 9.86. The van der Waals surface area contributed by atoms with Crippen LogP contribution in [0.5, 0.6) is 0 Å². The van der Waals surface area contributed by atoms with E-state index in [1.807, 2.05) is 40.1 Å². The first-order valence-corrected chi connectivity index (χ1v) is 6.09. The van der Waals surface area contributed by atoms with E-state index in [1.54, 1.807) is 0 Å². The minimum absolute atomic E-state index is 0.238. The first kappa shape index (κ1) is 16.9. The van der Waals surface area contributed by atoms with Crippen molar-refractivity contribution in [3.63, 3.8) is 0 Å². The van der Waals surface area contributed by atoms with Gasteiger partial charge in [-0.25, -0.2) is 0 Å². The molecule has 106 valence electrons. The maximum absolute atomic E-state index is 11.9. The zero-order valence-corrected chi connectivity index (χ0v) is 11.8. The quantitative estimate of drug-likeness (QED) is 0.518. The van der Waals surface area contributed by atoms with E-state index in [1.165, 1.54) is 0 Å². The smallest absolute Gasteiger partial charge is 0.240 e. The van der Waals surface area contributed by atoms with Gasteiger partial charge in [0.25, 0.3) is 0 Å². The van der Waals surface area contributed by atoms with Crippen molar-refractivity contribution in [1.29, 1.82) is 0 Å². The molecule has 5 N–H and O–H groups in total. The van der Waals surface area contributed by atoms with Crippen LogP contribution >= 0.6 is 0 Å². The summed E-state index contributed by atoms with van der Waals surface area (Å²) in [5.41, 5.74) is 6.77. The van der Waals surface area contributed by atoms with Crippen LogP contribution in [0.3, 0.4) is 0 Å². The second-order valence-corrected chi connectivity index (χ2v) is 6.02. The van der Waals surface area contributed by atoms with E-state index < -0.39 is 29.3 Å². The molecule has 0 aliphatic heterocycles. The van der Waals surface area contributed by atoms with Crippen LogP contribution in [-0.4, -0.2) is 29.1 Å². The third-order valence-corrected chi connectivity index (χ3v) is 2.62. The molecule has 0 radical (unpaired) electrons. The first-order chi connectivity index (χ1) is 8.09. The lowest BCUT2D eigenvalue weighted by Gasteiger charge is -2.30. The van der Waals surface area contributed by atoms with Gasteiger partial charge in [-0.05, 0) is 17.8 Å². The number of rotatable bonds is 6. The van der Waals surface area contributed by atoms with Gasteiger partial charge in [-0.1, -0.05) is 34.6 Å². The Balaban J connectivity index is 4.73. The van der Waals surface area contributed by atoms with Crippen molar-refractivity contribution in [1.82, 2.24) is 10.8 Å². The molecule has 0 bridgehead atoms. The predicted molar refractivity (Wildman–Crippen MR) is 68.7 cm³/mol. The van der Waals surface area contributed by atoms with E-state index in [-0.39, 0.29) is 5.92 Å². The summed E-state index contributed by atoms with van der Waals surface area (Å²) >= 11 is 0. The Bertz CT molecular complexity index is 297. The fraction of sp³-hybridized carbons (Fsp3) is 0.833. The highest BCUT2D eigenvalue weighted by atomic mass is 16.5. The summed E-state index contributed by atoms with van der Waals surface area (Å²) < 4.78 is 0. The average Bonchev–Trinajstić information content (AvgIpc) is 2.19. The molecule has 6 nitrogen and oxygen atoms in total. The topological polar surface area (TPSA) is 104 Å². The summed E-state index contributed by atoms with van der Waals surface area (Å²) in [5, 5.41) is 11.5. The van der Waals surface area contributed by atoms with Crippen molar-refractivity contribution in [2.75, 3.05) is 0 Å². The highest BCUT2D eigenvalue weighted by molar-refractivity contribution is 5.89. The fourth-order valence-corrected chi connectivity index (χ4v) is 1.65. The van der Waals surface area contributed by atoms with Gasteiger partial charge in [-0.2, -0.15) is 5.48 Å². The molecule has 6 heteroatoms. The molecule has 0 aromatic heterocycles. The third-order valence-electron chi connectivity index (χ3n) is 2.62. The molecule has 0 aliphatic carbocycles. The number of hydroxylamine groups is 1. The lowest BCUT2D eigenvalue weighted by molar-refractivity contribution is -0.132. The Morgan fingerprint density at radius 2 is 1.78 bits per heavy atom. The van der Waals surface area contributed by atoms with Crippen molar-refractivity contribution in [2.45, 2.75) is 53.1 Å². The highest BCUT2D eigenvalue weighted by Crippen LogP contribution is 2.19. The van der Waals surface area contributed by atoms with Crippen LogP contribution in [0.25, 0.3) is 0 Å². The Morgan fingerprint density at radius 1 is 1.28 bits per heavy atom. The number of carbonyl (C=O) groups is 2. The molecule has 2 atom stereocenters.